The van der Waals surface area contributed by atoms with Crippen LogP contribution in [-0.2, 0) is 14.3 Å². The van der Waals surface area contributed by atoms with Crippen LogP contribution in [0, 0.1) is 5.92 Å². The minimum absolute atomic E-state index is 0.104. The molecule has 2 aromatic rings. The molecule has 0 radical (unpaired) electrons. The summed E-state index contributed by atoms with van der Waals surface area (Å²) in [6, 6.07) is 16.0. The molecule has 0 bridgehead atoms. The van der Waals surface area contributed by atoms with E-state index in [1.807, 2.05) is 44.2 Å². The fourth-order valence-electron chi connectivity index (χ4n) is 2.85. The Balaban J connectivity index is 2.01. The van der Waals surface area contributed by atoms with E-state index in [0.29, 0.717) is 11.3 Å². The zero-order valence-corrected chi connectivity index (χ0v) is 15.9. The zero-order chi connectivity index (χ0) is 19.8. The lowest BCUT2D eigenvalue weighted by Gasteiger charge is -2.21. The summed E-state index contributed by atoms with van der Waals surface area (Å²) in [6.45, 7) is 5.13. The largest absolute Gasteiger partial charge is 0.457 e. The molecule has 5 nitrogen and oxygen atoms in total. The van der Waals surface area contributed by atoms with Crippen molar-refractivity contribution in [1.82, 2.24) is 0 Å². The summed E-state index contributed by atoms with van der Waals surface area (Å²) in [5, 5.41) is 2.64. The van der Waals surface area contributed by atoms with Gasteiger partial charge in [-0.15, -0.1) is 0 Å². The van der Waals surface area contributed by atoms with Crippen molar-refractivity contribution < 1.29 is 19.1 Å². The molecular weight excluding hydrogens is 342 g/mol. The molecule has 2 atom stereocenters. The first kappa shape index (κ1) is 20.4. The Kier molecular flexibility index (Phi) is 7.29. The maximum absolute atomic E-state index is 12.6. The third kappa shape index (κ3) is 5.78. The fraction of sp³-hybridized carbons (Fsp3) is 0.318. The van der Waals surface area contributed by atoms with Crippen LogP contribution in [0.15, 0.2) is 54.6 Å². The Bertz CT molecular complexity index is 784. The standard InChI is InChI=1S/C22H25NO4/c1-4-15(2)21(18-8-6-5-7-9-18)22(26)27-14-20(25)17-10-12-19(13-11-17)23-16(3)24/h5-13,15,21H,4,14H2,1-3H3,(H,23,24). The van der Waals surface area contributed by atoms with Crippen molar-refractivity contribution in [3.05, 3.63) is 65.7 Å². The van der Waals surface area contributed by atoms with E-state index in [-0.39, 0.29) is 24.2 Å². The summed E-state index contributed by atoms with van der Waals surface area (Å²) in [5.41, 5.74) is 1.93. The van der Waals surface area contributed by atoms with Gasteiger partial charge in [0.15, 0.2) is 12.4 Å². The molecule has 2 unspecified atom stereocenters. The fourth-order valence-corrected chi connectivity index (χ4v) is 2.85. The number of ketones is 1. The highest BCUT2D eigenvalue weighted by Crippen LogP contribution is 2.28. The van der Waals surface area contributed by atoms with Crippen molar-refractivity contribution in [3.8, 4) is 0 Å². The van der Waals surface area contributed by atoms with Gasteiger partial charge in [0.25, 0.3) is 0 Å². The van der Waals surface area contributed by atoms with E-state index < -0.39 is 11.9 Å². The molecule has 0 saturated heterocycles. The molecule has 0 saturated carbocycles. The highest BCUT2D eigenvalue weighted by Gasteiger charge is 2.27. The molecule has 0 aromatic heterocycles. The van der Waals surface area contributed by atoms with Gasteiger partial charge in [-0.05, 0) is 35.7 Å². The second-order valence-electron chi connectivity index (χ2n) is 6.56. The van der Waals surface area contributed by atoms with Gasteiger partial charge in [-0.2, -0.15) is 0 Å². The van der Waals surface area contributed by atoms with E-state index in [2.05, 4.69) is 5.32 Å². The van der Waals surface area contributed by atoms with Gasteiger partial charge in [-0.1, -0.05) is 50.6 Å². The molecule has 1 amide bonds. The SMILES string of the molecule is CCC(C)C(C(=O)OCC(=O)c1ccc(NC(C)=O)cc1)c1ccccc1. The molecule has 2 rings (SSSR count). The third-order valence-electron chi connectivity index (χ3n) is 4.50. The molecule has 142 valence electrons. The van der Waals surface area contributed by atoms with Gasteiger partial charge < -0.3 is 10.1 Å². The Labute approximate surface area is 159 Å². The Hall–Kier alpha value is -2.95. The monoisotopic (exact) mass is 367 g/mol. The molecule has 0 aliphatic carbocycles. The number of rotatable bonds is 8. The van der Waals surface area contributed by atoms with Gasteiger partial charge in [0.2, 0.25) is 5.91 Å². The lowest BCUT2D eigenvalue weighted by Crippen LogP contribution is -2.24. The Morgan fingerprint density at radius 3 is 2.19 bits per heavy atom. The lowest BCUT2D eigenvalue weighted by molar-refractivity contribution is -0.145. The predicted molar refractivity (Wildman–Crippen MR) is 105 cm³/mol. The van der Waals surface area contributed by atoms with E-state index in [4.69, 9.17) is 4.74 Å². The molecule has 0 fully saturated rings. The molecule has 1 N–H and O–H groups in total. The van der Waals surface area contributed by atoms with Crippen molar-refractivity contribution >= 4 is 23.3 Å². The van der Waals surface area contributed by atoms with Gasteiger partial charge >= 0.3 is 5.97 Å². The van der Waals surface area contributed by atoms with Crippen LogP contribution in [0.4, 0.5) is 5.69 Å². The molecule has 0 spiro atoms. The van der Waals surface area contributed by atoms with Crippen LogP contribution in [0.2, 0.25) is 0 Å². The van der Waals surface area contributed by atoms with Crippen molar-refractivity contribution in [2.45, 2.75) is 33.1 Å². The van der Waals surface area contributed by atoms with E-state index in [0.717, 1.165) is 12.0 Å². The topological polar surface area (TPSA) is 72.5 Å². The first-order chi connectivity index (χ1) is 12.9. The van der Waals surface area contributed by atoms with Crippen LogP contribution < -0.4 is 5.32 Å². The normalized spacial score (nSPS) is 12.7. The van der Waals surface area contributed by atoms with Crippen molar-refractivity contribution in [2.24, 2.45) is 5.92 Å². The van der Waals surface area contributed by atoms with E-state index in [9.17, 15) is 14.4 Å². The molecule has 0 aliphatic rings. The maximum Gasteiger partial charge on any atom is 0.314 e. The number of carbonyl (C=O) groups is 3. The Morgan fingerprint density at radius 2 is 1.63 bits per heavy atom. The Morgan fingerprint density at radius 1 is 1.00 bits per heavy atom. The molecular formula is C22H25NO4. The zero-order valence-electron chi connectivity index (χ0n) is 15.9. The summed E-state index contributed by atoms with van der Waals surface area (Å²) in [4.78, 5) is 36.0. The van der Waals surface area contributed by atoms with Crippen molar-refractivity contribution in [2.75, 3.05) is 11.9 Å². The number of nitrogens with one attached hydrogen (secondary N) is 1. The van der Waals surface area contributed by atoms with Gasteiger partial charge in [0.05, 0.1) is 5.92 Å². The predicted octanol–water partition coefficient (Wildman–Crippen LogP) is 4.20. The summed E-state index contributed by atoms with van der Waals surface area (Å²) < 4.78 is 5.33. The van der Waals surface area contributed by atoms with Crippen LogP contribution in [-0.4, -0.2) is 24.3 Å². The number of hydrogen-bond donors (Lipinski definition) is 1. The lowest BCUT2D eigenvalue weighted by atomic mass is 9.85. The minimum Gasteiger partial charge on any atom is -0.457 e. The molecule has 2 aromatic carbocycles. The van der Waals surface area contributed by atoms with E-state index in [1.54, 1.807) is 24.3 Å². The van der Waals surface area contributed by atoms with Crippen LogP contribution in [0.1, 0.15) is 49.0 Å². The van der Waals surface area contributed by atoms with Gasteiger partial charge in [-0.3, -0.25) is 14.4 Å². The van der Waals surface area contributed by atoms with Crippen molar-refractivity contribution in [3.63, 3.8) is 0 Å². The van der Waals surface area contributed by atoms with Crippen LogP contribution in [0.5, 0.6) is 0 Å². The number of carbonyl (C=O) groups excluding carboxylic acids is 3. The summed E-state index contributed by atoms with van der Waals surface area (Å²) in [5.74, 6) is -1.15. The number of esters is 1. The van der Waals surface area contributed by atoms with E-state index in [1.165, 1.54) is 6.92 Å². The first-order valence-corrected chi connectivity index (χ1v) is 9.04. The highest BCUT2D eigenvalue weighted by molar-refractivity contribution is 5.99. The van der Waals surface area contributed by atoms with Gasteiger partial charge in [-0.25, -0.2) is 0 Å². The first-order valence-electron chi connectivity index (χ1n) is 9.04. The molecule has 5 heteroatoms. The second kappa shape index (κ2) is 9.67. The minimum atomic E-state index is -0.397. The smallest absolute Gasteiger partial charge is 0.314 e. The number of benzene rings is 2. The van der Waals surface area contributed by atoms with E-state index >= 15 is 0 Å². The number of ether oxygens (including phenoxy) is 1. The van der Waals surface area contributed by atoms with Crippen LogP contribution >= 0.6 is 0 Å². The number of hydrogen-bond acceptors (Lipinski definition) is 4. The average Bonchev–Trinajstić information content (AvgIpc) is 2.67. The molecule has 0 aliphatic heterocycles. The maximum atomic E-state index is 12.6. The second-order valence-corrected chi connectivity index (χ2v) is 6.56. The average molecular weight is 367 g/mol. The number of anilines is 1. The summed E-state index contributed by atoms with van der Waals surface area (Å²) in [7, 11) is 0. The quantitative estimate of drug-likeness (QED) is 0.561. The van der Waals surface area contributed by atoms with Gasteiger partial charge in [0, 0.05) is 18.2 Å². The summed E-state index contributed by atoms with van der Waals surface area (Å²) in [6.07, 6.45) is 0.827. The van der Waals surface area contributed by atoms with Crippen LogP contribution in [0.3, 0.4) is 0 Å². The highest BCUT2D eigenvalue weighted by atomic mass is 16.5. The van der Waals surface area contributed by atoms with Gasteiger partial charge in [0.1, 0.15) is 0 Å². The molecule has 0 heterocycles. The van der Waals surface area contributed by atoms with Crippen molar-refractivity contribution in [1.29, 1.82) is 0 Å². The van der Waals surface area contributed by atoms with Crippen LogP contribution in [0.25, 0.3) is 0 Å². The molecule has 27 heavy (non-hydrogen) atoms. The number of amides is 1. The summed E-state index contributed by atoms with van der Waals surface area (Å²) >= 11 is 0. The number of Topliss-reactive ketones (excluding diaryl/α,β-unsaturated/α-hetero) is 1. The third-order valence-corrected chi connectivity index (χ3v) is 4.50.